The van der Waals surface area contributed by atoms with Gasteiger partial charge in [0.05, 0.1) is 18.2 Å². The molecule has 0 fully saturated rings. The molecule has 3 nitrogen and oxygen atoms in total. The summed E-state index contributed by atoms with van der Waals surface area (Å²) in [6, 6.07) is 3.84. The van der Waals surface area contributed by atoms with Gasteiger partial charge >= 0.3 is 12.1 Å². The van der Waals surface area contributed by atoms with Crippen molar-refractivity contribution in [2.24, 2.45) is 0 Å². The van der Waals surface area contributed by atoms with E-state index in [9.17, 15) is 18.0 Å². The highest BCUT2D eigenvalue weighted by atomic mass is 19.4. The van der Waals surface area contributed by atoms with Crippen LogP contribution in [-0.4, -0.2) is 13.1 Å². The first-order valence-electron chi connectivity index (χ1n) is 3.70. The van der Waals surface area contributed by atoms with E-state index >= 15 is 0 Å². The summed E-state index contributed by atoms with van der Waals surface area (Å²) >= 11 is 0. The van der Waals surface area contributed by atoms with Crippen molar-refractivity contribution in [3.8, 4) is 0 Å². The Bertz CT molecular complexity index is 332. The van der Waals surface area contributed by atoms with Gasteiger partial charge in [0.15, 0.2) is 0 Å². The zero-order valence-electron chi connectivity index (χ0n) is 7.97. The molecule has 0 heterocycles. The van der Waals surface area contributed by atoms with Crippen LogP contribution in [0.4, 0.5) is 13.2 Å². The molecule has 0 saturated carbocycles. The zero-order valence-corrected chi connectivity index (χ0v) is 7.97. The Hall–Kier alpha value is -1.56. The molecule has 0 saturated heterocycles. The summed E-state index contributed by atoms with van der Waals surface area (Å²) in [6.07, 6.45) is -4.38. The molecule has 1 aromatic carbocycles. The highest BCUT2D eigenvalue weighted by Gasteiger charge is 2.30. The van der Waals surface area contributed by atoms with Crippen molar-refractivity contribution in [3.63, 3.8) is 0 Å². The molecule has 6 heteroatoms. The fourth-order valence-electron chi connectivity index (χ4n) is 0.913. The lowest BCUT2D eigenvalue weighted by atomic mass is 10.1. The second kappa shape index (κ2) is 4.79. The van der Waals surface area contributed by atoms with Crippen molar-refractivity contribution in [2.75, 3.05) is 7.11 Å². The highest BCUT2D eigenvalue weighted by Crippen LogP contribution is 2.29. The van der Waals surface area contributed by atoms with Crippen LogP contribution in [-0.2, 0) is 10.9 Å². The second-order valence-corrected chi connectivity index (χ2v) is 2.57. The molecule has 15 heavy (non-hydrogen) atoms. The lowest BCUT2D eigenvalue weighted by Gasteiger charge is -2.06. The average Bonchev–Trinajstić information content (AvgIpc) is 2.15. The highest BCUT2D eigenvalue weighted by molar-refractivity contribution is 5.89. The summed E-state index contributed by atoms with van der Waals surface area (Å²) in [5.74, 6) is -0.654. The van der Waals surface area contributed by atoms with Crippen molar-refractivity contribution < 1.29 is 22.7 Å². The third kappa shape index (κ3) is 3.25. The van der Waals surface area contributed by atoms with Crippen molar-refractivity contribution in [1.82, 2.24) is 6.15 Å². The molecule has 0 atom stereocenters. The van der Waals surface area contributed by atoms with Crippen LogP contribution in [0.2, 0.25) is 0 Å². The van der Waals surface area contributed by atoms with Gasteiger partial charge < -0.3 is 10.9 Å². The van der Waals surface area contributed by atoms with Crippen molar-refractivity contribution in [3.05, 3.63) is 35.4 Å². The number of benzene rings is 1. The first-order chi connectivity index (χ1) is 6.45. The van der Waals surface area contributed by atoms with Gasteiger partial charge in [-0.1, -0.05) is 0 Å². The van der Waals surface area contributed by atoms with Crippen LogP contribution in [0.25, 0.3) is 0 Å². The predicted octanol–water partition coefficient (Wildman–Crippen LogP) is 2.65. The normalized spacial score (nSPS) is 10.4. The van der Waals surface area contributed by atoms with Gasteiger partial charge in [0, 0.05) is 0 Å². The Morgan fingerprint density at radius 1 is 1.20 bits per heavy atom. The van der Waals surface area contributed by atoms with Crippen LogP contribution in [0.3, 0.4) is 0 Å². The number of rotatable bonds is 1. The van der Waals surface area contributed by atoms with Crippen LogP contribution in [0.1, 0.15) is 15.9 Å². The molecule has 0 unspecified atom stereocenters. The van der Waals surface area contributed by atoms with Gasteiger partial charge in [-0.2, -0.15) is 13.2 Å². The summed E-state index contributed by atoms with van der Waals surface area (Å²) in [5, 5.41) is 0. The number of alkyl halides is 3. The molecule has 3 N–H and O–H groups in total. The minimum absolute atomic E-state index is 0. The largest absolute Gasteiger partial charge is 0.465 e. The third-order valence-electron chi connectivity index (χ3n) is 1.63. The van der Waals surface area contributed by atoms with Crippen molar-refractivity contribution in [2.45, 2.75) is 6.18 Å². The van der Waals surface area contributed by atoms with Gasteiger partial charge in [-0.3, -0.25) is 0 Å². The third-order valence-corrected chi connectivity index (χ3v) is 1.63. The van der Waals surface area contributed by atoms with Gasteiger partial charge in [-0.25, -0.2) is 4.79 Å². The first-order valence-corrected chi connectivity index (χ1v) is 3.70. The Morgan fingerprint density at radius 2 is 1.67 bits per heavy atom. The van der Waals surface area contributed by atoms with E-state index in [4.69, 9.17) is 0 Å². The van der Waals surface area contributed by atoms with E-state index in [-0.39, 0.29) is 11.7 Å². The maximum absolute atomic E-state index is 12.1. The summed E-state index contributed by atoms with van der Waals surface area (Å²) in [4.78, 5) is 10.9. The monoisotopic (exact) mass is 221 g/mol. The van der Waals surface area contributed by atoms with Gasteiger partial charge in [0.2, 0.25) is 0 Å². The molecule has 0 amide bonds. The van der Waals surface area contributed by atoms with Crippen LogP contribution in [0, 0.1) is 0 Å². The maximum Gasteiger partial charge on any atom is 0.416 e. The summed E-state index contributed by atoms with van der Waals surface area (Å²) in [5.41, 5.74) is -0.689. The van der Waals surface area contributed by atoms with E-state index in [0.717, 1.165) is 24.3 Å². The minimum atomic E-state index is -4.38. The number of carbonyl (C=O) groups excluding carboxylic acids is 1. The molecule has 0 spiro atoms. The number of halogens is 3. The number of methoxy groups -OCH3 is 1. The molecule has 1 aromatic rings. The van der Waals surface area contributed by atoms with Crippen molar-refractivity contribution >= 4 is 5.97 Å². The molecule has 0 aromatic heterocycles. The van der Waals surface area contributed by atoms with E-state index in [1.165, 1.54) is 7.11 Å². The SMILES string of the molecule is COC(=O)c1ccc(C(F)(F)F)cc1.N. The van der Waals surface area contributed by atoms with E-state index in [2.05, 4.69) is 4.74 Å². The quantitative estimate of drug-likeness (QED) is 0.741. The standard InChI is InChI=1S/C9H7F3O2.H3N/c1-14-8(13)6-2-4-7(5-3-6)9(10,11)12;/h2-5H,1H3;1H3. The summed E-state index contributed by atoms with van der Waals surface area (Å²) in [7, 11) is 1.17. The number of ether oxygens (including phenoxy) is 1. The lowest BCUT2D eigenvalue weighted by molar-refractivity contribution is -0.137. The molecule has 0 aliphatic heterocycles. The predicted molar refractivity (Wildman–Crippen MR) is 47.8 cm³/mol. The molecular formula is C9H10F3NO2. The molecule has 0 radical (unpaired) electrons. The fraction of sp³-hybridized carbons (Fsp3) is 0.222. The Morgan fingerprint density at radius 3 is 2.00 bits per heavy atom. The van der Waals surface area contributed by atoms with Crippen LogP contribution in [0.15, 0.2) is 24.3 Å². The number of hydrogen-bond acceptors (Lipinski definition) is 3. The Balaban J connectivity index is 0.00000196. The van der Waals surface area contributed by atoms with E-state index < -0.39 is 17.7 Å². The van der Waals surface area contributed by atoms with E-state index in [1.54, 1.807) is 0 Å². The Labute approximate surface area is 84.4 Å². The Kier molecular flexibility index (Phi) is 4.29. The number of carbonyl (C=O) groups is 1. The molecule has 0 aliphatic rings. The lowest BCUT2D eigenvalue weighted by Crippen LogP contribution is -2.06. The molecular weight excluding hydrogens is 211 g/mol. The molecule has 0 aliphatic carbocycles. The van der Waals surface area contributed by atoms with Crippen LogP contribution >= 0.6 is 0 Å². The van der Waals surface area contributed by atoms with E-state index in [1.807, 2.05) is 0 Å². The number of hydrogen-bond donors (Lipinski definition) is 1. The number of esters is 1. The summed E-state index contributed by atoms with van der Waals surface area (Å²) < 4.78 is 40.6. The summed E-state index contributed by atoms with van der Waals surface area (Å²) in [6.45, 7) is 0. The van der Waals surface area contributed by atoms with Gasteiger partial charge in [-0.15, -0.1) is 0 Å². The topological polar surface area (TPSA) is 61.3 Å². The molecule has 0 bridgehead atoms. The van der Waals surface area contributed by atoms with Crippen LogP contribution in [0.5, 0.6) is 0 Å². The van der Waals surface area contributed by atoms with Gasteiger partial charge in [0.25, 0.3) is 0 Å². The fourth-order valence-corrected chi connectivity index (χ4v) is 0.913. The van der Waals surface area contributed by atoms with Gasteiger partial charge in [0.1, 0.15) is 0 Å². The smallest absolute Gasteiger partial charge is 0.416 e. The average molecular weight is 221 g/mol. The van der Waals surface area contributed by atoms with Gasteiger partial charge in [-0.05, 0) is 24.3 Å². The minimum Gasteiger partial charge on any atom is -0.465 e. The second-order valence-electron chi connectivity index (χ2n) is 2.57. The van der Waals surface area contributed by atoms with Crippen molar-refractivity contribution in [1.29, 1.82) is 0 Å². The molecule has 84 valence electrons. The molecule has 1 rings (SSSR count). The zero-order chi connectivity index (χ0) is 10.8. The van der Waals surface area contributed by atoms with Crippen LogP contribution < -0.4 is 6.15 Å². The first kappa shape index (κ1) is 13.4. The van der Waals surface area contributed by atoms with E-state index in [0.29, 0.717) is 0 Å². The maximum atomic E-state index is 12.1.